The van der Waals surface area contributed by atoms with Crippen LogP contribution >= 0.6 is 34.0 Å². The summed E-state index contributed by atoms with van der Waals surface area (Å²) in [7, 11) is 2.22. The summed E-state index contributed by atoms with van der Waals surface area (Å²) in [6, 6.07) is 18.7. The number of aromatic hydroxyl groups is 1. The van der Waals surface area contributed by atoms with Crippen molar-refractivity contribution in [3.05, 3.63) is 71.4 Å². The van der Waals surface area contributed by atoms with Crippen LogP contribution in [0, 0.1) is 5.92 Å². The predicted molar refractivity (Wildman–Crippen MR) is 125 cm³/mol. The number of nitrogens with zero attached hydrogens (tertiary/aromatic N) is 2. The third-order valence-corrected chi connectivity index (χ3v) is 6.52. The highest BCUT2D eigenvalue weighted by Crippen LogP contribution is 2.48. The maximum Gasteiger partial charge on any atom is 0.115 e. The Balaban J connectivity index is 0.00000112. The number of aromatic nitrogens is 1. The summed E-state index contributed by atoms with van der Waals surface area (Å²) in [4.78, 5) is 7.49. The predicted octanol–water partition coefficient (Wildman–Crippen LogP) is 5.08. The largest absolute Gasteiger partial charge is 0.508 e. The minimum absolute atomic E-state index is 0. The molecule has 3 aromatic rings. The van der Waals surface area contributed by atoms with Crippen molar-refractivity contribution in [2.75, 3.05) is 20.1 Å². The number of hydrogen-bond donors (Lipinski definition) is 1. The van der Waals surface area contributed by atoms with Gasteiger partial charge in [0.25, 0.3) is 0 Å². The SMILES string of the molecule is Br.Br.CN1CCC2(c3cccc(O)c3)Cc3nc4ccccc4cc3CC2C1. The molecule has 0 amide bonds. The molecule has 2 aromatic carbocycles. The van der Waals surface area contributed by atoms with Gasteiger partial charge in [-0.3, -0.25) is 4.98 Å². The van der Waals surface area contributed by atoms with Gasteiger partial charge in [-0.25, -0.2) is 0 Å². The van der Waals surface area contributed by atoms with E-state index in [1.165, 1.54) is 22.2 Å². The van der Waals surface area contributed by atoms with E-state index in [0.717, 1.165) is 37.9 Å². The molecule has 28 heavy (non-hydrogen) atoms. The lowest BCUT2D eigenvalue weighted by Crippen LogP contribution is -2.53. The van der Waals surface area contributed by atoms with Crippen LogP contribution in [0.15, 0.2) is 54.6 Å². The topological polar surface area (TPSA) is 36.4 Å². The molecule has 2 unspecified atom stereocenters. The average Bonchev–Trinajstić information content (AvgIpc) is 2.65. The van der Waals surface area contributed by atoms with Gasteiger partial charge >= 0.3 is 0 Å². The molecule has 1 aromatic heterocycles. The number of halogens is 2. The summed E-state index contributed by atoms with van der Waals surface area (Å²) in [5.41, 5.74) is 5.08. The molecule has 0 saturated carbocycles. The van der Waals surface area contributed by atoms with Crippen LogP contribution < -0.4 is 0 Å². The Morgan fingerprint density at radius 3 is 2.71 bits per heavy atom. The summed E-state index contributed by atoms with van der Waals surface area (Å²) >= 11 is 0. The molecule has 1 aliphatic carbocycles. The van der Waals surface area contributed by atoms with Gasteiger partial charge in [-0.1, -0.05) is 30.3 Å². The first-order valence-corrected chi connectivity index (χ1v) is 9.50. The molecule has 148 valence electrons. The number of hydrogen-bond acceptors (Lipinski definition) is 3. The van der Waals surface area contributed by atoms with Crippen molar-refractivity contribution in [3.8, 4) is 5.75 Å². The molecule has 0 bridgehead atoms. The van der Waals surface area contributed by atoms with Crippen molar-refractivity contribution >= 4 is 44.9 Å². The maximum atomic E-state index is 10.1. The first kappa shape index (κ1) is 21.3. The fourth-order valence-corrected chi connectivity index (χ4v) is 5.12. The van der Waals surface area contributed by atoms with E-state index in [1.807, 2.05) is 12.1 Å². The van der Waals surface area contributed by atoms with Crippen molar-refractivity contribution in [1.29, 1.82) is 0 Å². The Morgan fingerprint density at radius 1 is 1.07 bits per heavy atom. The van der Waals surface area contributed by atoms with Crippen LogP contribution in [0.4, 0.5) is 0 Å². The number of pyridine rings is 1. The Bertz CT molecular complexity index is 993. The number of phenols is 1. The Labute approximate surface area is 187 Å². The third-order valence-electron chi connectivity index (χ3n) is 6.52. The molecule has 1 N–H and O–H groups in total. The molecule has 0 radical (unpaired) electrons. The lowest BCUT2D eigenvalue weighted by atomic mass is 9.58. The van der Waals surface area contributed by atoms with Crippen molar-refractivity contribution in [2.45, 2.75) is 24.7 Å². The van der Waals surface area contributed by atoms with Gasteiger partial charge in [0.1, 0.15) is 5.75 Å². The van der Waals surface area contributed by atoms with Crippen LogP contribution in [0.25, 0.3) is 10.9 Å². The van der Waals surface area contributed by atoms with Crippen LogP contribution in [0.3, 0.4) is 0 Å². The number of para-hydroxylation sites is 1. The van der Waals surface area contributed by atoms with E-state index in [1.54, 1.807) is 6.07 Å². The summed E-state index contributed by atoms with van der Waals surface area (Å²) in [5.74, 6) is 0.922. The average molecular weight is 506 g/mol. The van der Waals surface area contributed by atoms with Gasteiger partial charge in [0.15, 0.2) is 0 Å². The minimum atomic E-state index is 0. The maximum absolute atomic E-state index is 10.1. The first-order valence-electron chi connectivity index (χ1n) is 9.50. The van der Waals surface area contributed by atoms with E-state index < -0.39 is 0 Å². The number of phenolic OH excluding ortho intramolecular Hbond substituents is 1. The third kappa shape index (κ3) is 3.49. The standard InChI is InChI=1S/C23H24N2O.2BrH/c1-25-10-9-23(18-6-4-7-20(26)13-18)14-22-17(12-19(23)15-25)11-16-5-2-3-8-21(16)24-22;;/h2-8,11,13,19,26H,9-10,12,14-15H2,1H3;2*1H. The van der Waals surface area contributed by atoms with Gasteiger partial charge in [0.05, 0.1) is 5.52 Å². The molecule has 5 rings (SSSR count). The Kier molecular flexibility index (Phi) is 6.18. The quantitative estimate of drug-likeness (QED) is 0.500. The van der Waals surface area contributed by atoms with Gasteiger partial charge in [-0.2, -0.15) is 0 Å². The second-order valence-electron chi connectivity index (χ2n) is 8.08. The van der Waals surface area contributed by atoms with Crippen molar-refractivity contribution in [2.24, 2.45) is 5.92 Å². The van der Waals surface area contributed by atoms with Crippen LogP contribution in [0.5, 0.6) is 5.75 Å². The number of likely N-dealkylation sites (tertiary alicyclic amines) is 1. The molecule has 1 aliphatic heterocycles. The van der Waals surface area contributed by atoms with Crippen LogP contribution in [-0.4, -0.2) is 35.1 Å². The second kappa shape index (κ2) is 8.13. The molecule has 3 nitrogen and oxygen atoms in total. The van der Waals surface area contributed by atoms with Gasteiger partial charge in [0, 0.05) is 29.5 Å². The molecule has 2 heterocycles. The summed E-state index contributed by atoms with van der Waals surface area (Å²) in [5, 5.41) is 11.3. The fourth-order valence-electron chi connectivity index (χ4n) is 5.12. The highest BCUT2D eigenvalue weighted by Gasteiger charge is 2.47. The van der Waals surface area contributed by atoms with E-state index in [0.29, 0.717) is 11.7 Å². The molecular formula is C23H26Br2N2O. The van der Waals surface area contributed by atoms with Gasteiger partial charge in [-0.15, -0.1) is 34.0 Å². The van der Waals surface area contributed by atoms with E-state index in [4.69, 9.17) is 4.98 Å². The monoisotopic (exact) mass is 504 g/mol. The number of fused-ring (bicyclic) bond motifs is 3. The number of piperidine rings is 1. The molecule has 1 saturated heterocycles. The summed E-state index contributed by atoms with van der Waals surface area (Å²) < 4.78 is 0. The van der Waals surface area contributed by atoms with Gasteiger partial charge in [0.2, 0.25) is 0 Å². The van der Waals surface area contributed by atoms with Gasteiger partial charge < -0.3 is 10.0 Å². The Morgan fingerprint density at radius 2 is 1.89 bits per heavy atom. The molecule has 1 fully saturated rings. The highest BCUT2D eigenvalue weighted by atomic mass is 79.9. The zero-order valence-electron chi connectivity index (χ0n) is 16.0. The lowest BCUT2D eigenvalue weighted by molar-refractivity contribution is 0.0987. The Hall–Kier alpha value is -1.43. The smallest absolute Gasteiger partial charge is 0.115 e. The van der Waals surface area contributed by atoms with Crippen LogP contribution in [0.1, 0.15) is 23.2 Å². The van der Waals surface area contributed by atoms with Gasteiger partial charge in [-0.05, 0) is 67.7 Å². The van der Waals surface area contributed by atoms with E-state index in [2.05, 4.69) is 48.3 Å². The van der Waals surface area contributed by atoms with Crippen LogP contribution in [0.2, 0.25) is 0 Å². The van der Waals surface area contributed by atoms with E-state index in [-0.39, 0.29) is 39.4 Å². The second-order valence-corrected chi connectivity index (χ2v) is 8.08. The van der Waals surface area contributed by atoms with Crippen molar-refractivity contribution in [1.82, 2.24) is 9.88 Å². The van der Waals surface area contributed by atoms with Crippen molar-refractivity contribution in [3.63, 3.8) is 0 Å². The van der Waals surface area contributed by atoms with E-state index in [9.17, 15) is 5.11 Å². The zero-order valence-corrected chi connectivity index (χ0v) is 19.4. The molecule has 2 aliphatic rings. The zero-order chi connectivity index (χ0) is 17.7. The van der Waals surface area contributed by atoms with Crippen LogP contribution in [-0.2, 0) is 18.3 Å². The fraction of sp³-hybridized carbons (Fsp3) is 0.348. The summed E-state index contributed by atoms with van der Waals surface area (Å²) in [6.45, 7) is 2.19. The molecule has 0 spiro atoms. The number of benzene rings is 2. The van der Waals surface area contributed by atoms with E-state index >= 15 is 0 Å². The molecule has 2 atom stereocenters. The normalized spacial score (nSPS) is 23.8. The summed E-state index contributed by atoms with van der Waals surface area (Å²) in [6.07, 6.45) is 3.15. The molecular weight excluding hydrogens is 480 g/mol. The highest BCUT2D eigenvalue weighted by molar-refractivity contribution is 8.93. The minimum Gasteiger partial charge on any atom is -0.508 e. The number of rotatable bonds is 1. The molecule has 5 heteroatoms. The van der Waals surface area contributed by atoms with Crippen molar-refractivity contribution < 1.29 is 5.11 Å². The lowest BCUT2D eigenvalue weighted by Gasteiger charge is -2.50. The first-order chi connectivity index (χ1) is 12.6.